The van der Waals surface area contributed by atoms with Crippen LogP contribution in [0, 0.1) is 24.1 Å². The Labute approximate surface area is 119 Å². The van der Waals surface area contributed by atoms with Crippen LogP contribution >= 0.6 is 15.9 Å². The molecule has 19 heavy (non-hydrogen) atoms. The van der Waals surface area contributed by atoms with Crippen LogP contribution in [-0.4, -0.2) is 0 Å². The number of hydrogen-bond acceptors (Lipinski definition) is 2. The highest BCUT2D eigenvalue weighted by molar-refractivity contribution is 9.10. The van der Waals surface area contributed by atoms with Crippen LogP contribution in [0.15, 0.2) is 40.9 Å². The summed E-state index contributed by atoms with van der Waals surface area (Å²) in [5.41, 5.74) is 1.95. The highest BCUT2D eigenvalue weighted by Gasteiger charge is 2.06. The lowest BCUT2D eigenvalue weighted by molar-refractivity contribution is 0.303. The molecule has 0 spiro atoms. The lowest BCUT2D eigenvalue weighted by atomic mass is 10.1. The predicted octanol–water partition coefficient (Wildman–Crippen LogP) is 4.35. The van der Waals surface area contributed by atoms with Crippen molar-refractivity contribution >= 4 is 15.9 Å². The fourth-order valence-corrected chi connectivity index (χ4v) is 2.02. The lowest BCUT2D eigenvalue weighted by Crippen LogP contribution is -2.00. The van der Waals surface area contributed by atoms with E-state index in [9.17, 15) is 4.39 Å². The zero-order valence-corrected chi connectivity index (χ0v) is 11.9. The highest BCUT2D eigenvalue weighted by atomic mass is 79.9. The molecule has 2 nitrogen and oxygen atoms in total. The van der Waals surface area contributed by atoms with Gasteiger partial charge in [0, 0.05) is 10.0 Å². The van der Waals surface area contributed by atoms with Gasteiger partial charge in [-0.25, -0.2) is 4.39 Å². The summed E-state index contributed by atoms with van der Waals surface area (Å²) < 4.78 is 19.7. The molecule has 4 heteroatoms. The average Bonchev–Trinajstić information content (AvgIpc) is 2.40. The molecule has 0 aromatic heterocycles. The van der Waals surface area contributed by atoms with Crippen molar-refractivity contribution in [2.45, 2.75) is 13.5 Å². The Balaban J connectivity index is 2.21. The van der Waals surface area contributed by atoms with E-state index in [0.717, 1.165) is 10.0 Å². The summed E-state index contributed by atoms with van der Waals surface area (Å²) in [4.78, 5) is 0. The molecule has 0 heterocycles. The van der Waals surface area contributed by atoms with E-state index in [-0.39, 0.29) is 12.4 Å². The number of benzene rings is 2. The molecule has 0 N–H and O–H groups in total. The SMILES string of the molecule is Cc1ccc(Br)cc1OCc1cc(F)ccc1C#N. The van der Waals surface area contributed by atoms with Crippen LogP contribution in [0.5, 0.6) is 5.75 Å². The summed E-state index contributed by atoms with van der Waals surface area (Å²) in [6.07, 6.45) is 0. The largest absolute Gasteiger partial charge is 0.489 e. The first kappa shape index (κ1) is 13.6. The van der Waals surface area contributed by atoms with E-state index in [0.29, 0.717) is 16.9 Å². The van der Waals surface area contributed by atoms with Gasteiger partial charge < -0.3 is 4.74 Å². The first-order valence-corrected chi connectivity index (χ1v) is 6.47. The number of nitrogens with zero attached hydrogens (tertiary/aromatic N) is 1. The van der Waals surface area contributed by atoms with Gasteiger partial charge in [0.25, 0.3) is 0 Å². The second-order valence-electron chi connectivity index (χ2n) is 4.11. The first-order chi connectivity index (χ1) is 9.10. The minimum absolute atomic E-state index is 0.165. The minimum atomic E-state index is -0.372. The Hall–Kier alpha value is -1.86. The molecule has 2 aromatic carbocycles. The van der Waals surface area contributed by atoms with Crippen molar-refractivity contribution in [2.24, 2.45) is 0 Å². The quantitative estimate of drug-likeness (QED) is 0.842. The summed E-state index contributed by atoms with van der Waals surface area (Å²) in [6, 6.07) is 11.8. The van der Waals surface area contributed by atoms with Gasteiger partial charge in [0.15, 0.2) is 0 Å². The van der Waals surface area contributed by atoms with E-state index >= 15 is 0 Å². The van der Waals surface area contributed by atoms with Gasteiger partial charge >= 0.3 is 0 Å². The Morgan fingerprint density at radius 2 is 2.05 bits per heavy atom. The molecule has 2 aromatic rings. The summed E-state index contributed by atoms with van der Waals surface area (Å²) in [6.45, 7) is 2.09. The number of aryl methyl sites for hydroxylation is 1. The van der Waals surface area contributed by atoms with Gasteiger partial charge in [-0.2, -0.15) is 5.26 Å². The van der Waals surface area contributed by atoms with E-state index in [1.165, 1.54) is 18.2 Å². The fourth-order valence-electron chi connectivity index (χ4n) is 1.68. The van der Waals surface area contributed by atoms with Gasteiger partial charge in [-0.05, 0) is 42.8 Å². The Morgan fingerprint density at radius 3 is 2.79 bits per heavy atom. The monoisotopic (exact) mass is 319 g/mol. The summed E-state index contributed by atoms with van der Waals surface area (Å²) in [5.74, 6) is 0.339. The maximum Gasteiger partial charge on any atom is 0.123 e. The third-order valence-corrected chi connectivity index (χ3v) is 3.21. The molecule has 2 rings (SSSR count). The van der Waals surface area contributed by atoms with Gasteiger partial charge in [-0.15, -0.1) is 0 Å². The zero-order chi connectivity index (χ0) is 13.8. The highest BCUT2D eigenvalue weighted by Crippen LogP contribution is 2.24. The van der Waals surface area contributed by atoms with Crippen molar-refractivity contribution in [3.05, 3.63) is 63.4 Å². The predicted molar refractivity (Wildman–Crippen MR) is 74.3 cm³/mol. The molecular weight excluding hydrogens is 309 g/mol. The number of nitriles is 1. The molecule has 96 valence electrons. The van der Waals surface area contributed by atoms with Crippen LogP contribution in [0.4, 0.5) is 4.39 Å². The number of hydrogen-bond donors (Lipinski definition) is 0. The summed E-state index contributed by atoms with van der Waals surface area (Å²) in [5, 5.41) is 8.97. The van der Waals surface area contributed by atoms with Crippen molar-refractivity contribution in [2.75, 3.05) is 0 Å². The van der Waals surface area contributed by atoms with Crippen molar-refractivity contribution in [1.82, 2.24) is 0 Å². The molecule has 0 aliphatic carbocycles. The van der Waals surface area contributed by atoms with Gasteiger partial charge in [-0.3, -0.25) is 0 Å². The molecule has 0 unspecified atom stereocenters. The Kier molecular flexibility index (Phi) is 4.18. The molecule has 0 fully saturated rings. The van der Waals surface area contributed by atoms with Crippen LogP contribution in [0.1, 0.15) is 16.7 Å². The molecule has 0 aliphatic rings. The van der Waals surface area contributed by atoms with E-state index in [1.54, 1.807) is 0 Å². The number of rotatable bonds is 3. The minimum Gasteiger partial charge on any atom is -0.489 e. The van der Waals surface area contributed by atoms with Crippen LogP contribution < -0.4 is 4.74 Å². The van der Waals surface area contributed by atoms with E-state index in [4.69, 9.17) is 10.00 Å². The molecular formula is C15H11BrFNO. The maximum atomic E-state index is 13.2. The standard InChI is InChI=1S/C15H11BrFNO/c1-10-2-4-13(16)7-15(10)19-9-12-6-14(17)5-3-11(12)8-18/h2-7H,9H2,1H3. The van der Waals surface area contributed by atoms with Crippen LogP contribution in [0.3, 0.4) is 0 Å². The van der Waals surface area contributed by atoms with Crippen molar-refractivity contribution < 1.29 is 9.13 Å². The first-order valence-electron chi connectivity index (χ1n) is 5.67. The third-order valence-electron chi connectivity index (χ3n) is 2.72. The number of ether oxygens (including phenoxy) is 1. The molecule has 0 amide bonds. The summed E-state index contributed by atoms with van der Waals surface area (Å²) >= 11 is 3.37. The van der Waals surface area contributed by atoms with E-state index in [2.05, 4.69) is 15.9 Å². The van der Waals surface area contributed by atoms with Crippen molar-refractivity contribution in [3.63, 3.8) is 0 Å². The van der Waals surface area contributed by atoms with E-state index < -0.39 is 0 Å². The molecule has 0 radical (unpaired) electrons. The van der Waals surface area contributed by atoms with Gasteiger partial charge in [-0.1, -0.05) is 22.0 Å². The van der Waals surface area contributed by atoms with Crippen molar-refractivity contribution in [1.29, 1.82) is 5.26 Å². The second-order valence-corrected chi connectivity index (χ2v) is 5.03. The van der Waals surface area contributed by atoms with Gasteiger partial charge in [0.2, 0.25) is 0 Å². The Bertz CT molecular complexity index is 649. The van der Waals surface area contributed by atoms with Crippen LogP contribution in [-0.2, 0) is 6.61 Å². The molecule has 0 aliphatic heterocycles. The molecule has 0 bridgehead atoms. The normalized spacial score (nSPS) is 10.0. The van der Waals surface area contributed by atoms with Crippen molar-refractivity contribution in [3.8, 4) is 11.8 Å². The molecule has 0 saturated heterocycles. The fraction of sp³-hybridized carbons (Fsp3) is 0.133. The number of halogens is 2. The van der Waals surface area contributed by atoms with Gasteiger partial charge in [0.1, 0.15) is 18.2 Å². The lowest BCUT2D eigenvalue weighted by Gasteiger charge is -2.10. The zero-order valence-electron chi connectivity index (χ0n) is 10.3. The van der Waals surface area contributed by atoms with Crippen LogP contribution in [0.2, 0.25) is 0 Å². The molecule has 0 atom stereocenters. The summed E-state index contributed by atoms with van der Waals surface area (Å²) in [7, 11) is 0. The average molecular weight is 320 g/mol. The Morgan fingerprint density at radius 1 is 1.26 bits per heavy atom. The maximum absolute atomic E-state index is 13.2. The van der Waals surface area contributed by atoms with E-state index in [1.807, 2.05) is 31.2 Å². The molecule has 0 saturated carbocycles. The smallest absolute Gasteiger partial charge is 0.123 e. The third kappa shape index (κ3) is 3.33. The van der Waals surface area contributed by atoms with Gasteiger partial charge in [0.05, 0.1) is 11.6 Å². The topological polar surface area (TPSA) is 33.0 Å². The van der Waals surface area contributed by atoms with Crippen LogP contribution in [0.25, 0.3) is 0 Å². The second kappa shape index (κ2) is 5.85.